The van der Waals surface area contributed by atoms with Crippen molar-refractivity contribution in [1.82, 2.24) is 14.9 Å². The molecule has 0 bridgehead atoms. The standard InChI is InChI=1S/C27H23F2N3O2/c1-16(18-6-10-23(29)11-7-18)31-26(33)24-13-20-12-21(19-4-5-19)14-30-25(20)32(27(24)34)15-17-2-8-22(28)9-3-17/h2-3,6-14,16,19H,4-5,15H2,1H3,(H,31,33)/t16-/m1/s1. The zero-order chi connectivity index (χ0) is 23.8. The highest BCUT2D eigenvalue weighted by atomic mass is 19.1. The number of nitrogens with zero attached hydrogens (tertiary/aromatic N) is 2. The molecule has 7 heteroatoms. The Morgan fingerprint density at radius 2 is 1.71 bits per heavy atom. The van der Waals surface area contributed by atoms with Crippen molar-refractivity contribution >= 4 is 16.9 Å². The van der Waals surface area contributed by atoms with Gasteiger partial charge in [0.15, 0.2) is 0 Å². The Kier molecular flexibility index (Phi) is 5.69. The lowest BCUT2D eigenvalue weighted by Crippen LogP contribution is -2.35. The molecule has 2 aromatic carbocycles. The van der Waals surface area contributed by atoms with Crippen LogP contribution in [0.2, 0.25) is 0 Å². The number of nitrogens with one attached hydrogen (secondary N) is 1. The number of benzene rings is 2. The maximum atomic E-state index is 13.4. The molecular weight excluding hydrogens is 436 g/mol. The summed E-state index contributed by atoms with van der Waals surface area (Å²) in [5, 5.41) is 3.54. The summed E-state index contributed by atoms with van der Waals surface area (Å²) in [4.78, 5) is 31.2. The largest absolute Gasteiger partial charge is 0.345 e. The molecule has 1 atom stereocenters. The minimum atomic E-state index is -0.520. The second-order valence-corrected chi connectivity index (χ2v) is 8.78. The molecule has 5 nitrogen and oxygen atoms in total. The van der Waals surface area contributed by atoms with Gasteiger partial charge in [-0.2, -0.15) is 0 Å². The van der Waals surface area contributed by atoms with Crippen LogP contribution in [0.3, 0.4) is 0 Å². The summed E-state index contributed by atoms with van der Waals surface area (Å²) in [5.41, 5.74) is 2.52. The summed E-state index contributed by atoms with van der Waals surface area (Å²) in [6.07, 6.45) is 3.99. The van der Waals surface area contributed by atoms with Crippen LogP contribution in [0.25, 0.3) is 11.0 Å². The van der Waals surface area contributed by atoms with E-state index in [1.54, 1.807) is 43.5 Å². The van der Waals surface area contributed by atoms with E-state index in [0.717, 1.165) is 29.5 Å². The molecule has 1 saturated carbocycles. The number of rotatable bonds is 6. The molecule has 0 aliphatic heterocycles. The van der Waals surface area contributed by atoms with Crippen LogP contribution in [-0.4, -0.2) is 15.5 Å². The molecule has 1 amide bonds. The predicted molar refractivity (Wildman–Crippen MR) is 126 cm³/mol. The van der Waals surface area contributed by atoms with Crippen LogP contribution in [0, 0.1) is 11.6 Å². The Bertz CT molecular complexity index is 1430. The third-order valence-corrected chi connectivity index (χ3v) is 6.21. The summed E-state index contributed by atoms with van der Waals surface area (Å²) in [6, 6.07) is 14.9. The topological polar surface area (TPSA) is 64.0 Å². The monoisotopic (exact) mass is 459 g/mol. The number of amides is 1. The van der Waals surface area contributed by atoms with Gasteiger partial charge in [-0.05, 0) is 78.8 Å². The van der Waals surface area contributed by atoms with E-state index < -0.39 is 17.5 Å². The molecular formula is C27H23F2N3O2. The maximum Gasteiger partial charge on any atom is 0.265 e. The van der Waals surface area contributed by atoms with E-state index in [-0.39, 0.29) is 23.7 Å². The molecule has 0 unspecified atom stereocenters. The van der Waals surface area contributed by atoms with Crippen LogP contribution >= 0.6 is 0 Å². The fourth-order valence-electron chi connectivity index (χ4n) is 4.11. The van der Waals surface area contributed by atoms with Crippen molar-refractivity contribution in [2.24, 2.45) is 0 Å². The Morgan fingerprint density at radius 1 is 1.06 bits per heavy atom. The minimum Gasteiger partial charge on any atom is -0.345 e. The van der Waals surface area contributed by atoms with Crippen LogP contribution in [-0.2, 0) is 6.54 Å². The van der Waals surface area contributed by atoms with E-state index in [9.17, 15) is 18.4 Å². The average molecular weight is 459 g/mol. The first kappa shape index (κ1) is 21.9. The Morgan fingerprint density at radius 3 is 2.35 bits per heavy atom. The van der Waals surface area contributed by atoms with Crippen molar-refractivity contribution in [3.05, 3.63) is 111 Å². The van der Waals surface area contributed by atoms with Gasteiger partial charge in [-0.15, -0.1) is 0 Å². The number of pyridine rings is 2. The highest BCUT2D eigenvalue weighted by molar-refractivity contribution is 5.97. The van der Waals surface area contributed by atoms with Gasteiger partial charge in [0.25, 0.3) is 11.5 Å². The van der Waals surface area contributed by atoms with Gasteiger partial charge in [0, 0.05) is 11.6 Å². The number of carbonyl (C=O) groups excluding carboxylic acids is 1. The minimum absolute atomic E-state index is 0.00156. The van der Waals surface area contributed by atoms with Crippen LogP contribution in [0.1, 0.15) is 58.8 Å². The lowest BCUT2D eigenvalue weighted by Gasteiger charge is -2.16. The van der Waals surface area contributed by atoms with Crippen molar-refractivity contribution in [2.75, 3.05) is 0 Å². The molecule has 1 aliphatic rings. The highest BCUT2D eigenvalue weighted by Gasteiger charge is 2.25. The predicted octanol–water partition coefficient (Wildman–Crippen LogP) is 5.09. The van der Waals surface area contributed by atoms with Gasteiger partial charge >= 0.3 is 0 Å². The fraction of sp³-hybridized carbons (Fsp3) is 0.222. The molecule has 2 heterocycles. The summed E-state index contributed by atoms with van der Waals surface area (Å²) >= 11 is 0. The smallest absolute Gasteiger partial charge is 0.265 e. The van der Waals surface area contributed by atoms with Crippen LogP contribution in [0.15, 0.2) is 71.7 Å². The normalized spacial score (nSPS) is 14.2. The van der Waals surface area contributed by atoms with Gasteiger partial charge < -0.3 is 5.32 Å². The molecule has 5 rings (SSSR count). The number of hydrogen-bond acceptors (Lipinski definition) is 3. The first-order valence-electron chi connectivity index (χ1n) is 11.2. The highest BCUT2D eigenvalue weighted by Crippen LogP contribution is 2.40. The summed E-state index contributed by atoms with van der Waals surface area (Å²) in [5.74, 6) is -0.783. The zero-order valence-corrected chi connectivity index (χ0v) is 18.6. The van der Waals surface area contributed by atoms with Crippen LogP contribution < -0.4 is 10.9 Å². The first-order chi connectivity index (χ1) is 16.4. The Hall–Kier alpha value is -3.87. The Balaban J connectivity index is 1.55. The molecule has 1 aliphatic carbocycles. The van der Waals surface area contributed by atoms with Crippen molar-refractivity contribution in [2.45, 2.75) is 38.3 Å². The van der Waals surface area contributed by atoms with Gasteiger partial charge in [0.05, 0.1) is 12.6 Å². The SMILES string of the molecule is C[C@@H](NC(=O)c1cc2cc(C3CC3)cnc2n(Cc2ccc(F)cc2)c1=O)c1ccc(F)cc1. The van der Waals surface area contributed by atoms with E-state index in [1.807, 2.05) is 6.07 Å². The van der Waals surface area contributed by atoms with E-state index >= 15 is 0 Å². The number of hydrogen-bond donors (Lipinski definition) is 1. The number of fused-ring (bicyclic) bond motifs is 1. The maximum absolute atomic E-state index is 13.4. The molecule has 1 fully saturated rings. The zero-order valence-electron chi connectivity index (χ0n) is 18.6. The fourth-order valence-corrected chi connectivity index (χ4v) is 4.11. The summed E-state index contributed by atoms with van der Waals surface area (Å²) < 4.78 is 28.1. The molecule has 2 aromatic heterocycles. The third-order valence-electron chi connectivity index (χ3n) is 6.21. The lowest BCUT2D eigenvalue weighted by molar-refractivity contribution is 0.0938. The number of halogens is 2. The number of aromatic nitrogens is 2. The van der Waals surface area contributed by atoms with Crippen LogP contribution in [0.5, 0.6) is 0 Å². The van der Waals surface area contributed by atoms with E-state index in [1.165, 1.54) is 28.8 Å². The lowest BCUT2D eigenvalue weighted by atomic mass is 10.1. The quantitative estimate of drug-likeness (QED) is 0.437. The van der Waals surface area contributed by atoms with Crippen molar-refractivity contribution in [3.8, 4) is 0 Å². The first-order valence-corrected chi connectivity index (χ1v) is 11.2. The molecule has 0 radical (unpaired) electrons. The second kappa shape index (κ2) is 8.82. The van der Waals surface area contributed by atoms with E-state index in [4.69, 9.17) is 0 Å². The van der Waals surface area contributed by atoms with Crippen LogP contribution in [0.4, 0.5) is 8.78 Å². The molecule has 34 heavy (non-hydrogen) atoms. The summed E-state index contributed by atoms with van der Waals surface area (Å²) in [7, 11) is 0. The van der Waals surface area contributed by atoms with E-state index in [2.05, 4.69) is 10.3 Å². The van der Waals surface area contributed by atoms with Gasteiger partial charge in [-0.3, -0.25) is 14.2 Å². The molecule has 0 spiro atoms. The average Bonchev–Trinajstić information content (AvgIpc) is 3.67. The molecule has 0 saturated heterocycles. The van der Waals surface area contributed by atoms with E-state index in [0.29, 0.717) is 17.0 Å². The van der Waals surface area contributed by atoms with Gasteiger partial charge in [0.1, 0.15) is 22.8 Å². The van der Waals surface area contributed by atoms with Gasteiger partial charge in [-0.1, -0.05) is 24.3 Å². The molecule has 172 valence electrons. The van der Waals surface area contributed by atoms with Crippen molar-refractivity contribution in [1.29, 1.82) is 0 Å². The molecule has 4 aromatic rings. The van der Waals surface area contributed by atoms with Gasteiger partial charge in [0.2, 0.25) is 0 Å². The number of carbonyl (C=O) groups is 1. The van der Waals surface area contributed by atoms with Crippen molar-refractivity contribution < 1.29 is 13.6 Å². The third kappa shape index (κ3) is 4.46. The second-order valence-electron chi connectivity index (χ2n) is 8.78. The van der Waals surface area contributed by atoms with Crippen molar-refractivity contribution in [3.63, 3.8) is 0 Å². The summed E-state index contributed by atoms with van der Waals surface area (Å²) in [6.45, 7) is 1.93. The molecule has 1 N–H and O–H groups in total. The Labute approximate surface area is 195 Å². The van der Waals surface area contributed by atoms with Gasteiger partial charge in [-0.25, -0.2) is 13.8 Å².